The van der Waals surface area contributed by atoms with Gasteiger partial charge in [-0.05, 0) is 38.3 Å². The van der Waals surface area contributed by atoms with Gasteiger partial charge in [0.1, 0.15) is 5.82 Å². The minimum Gasteiger partial charge on any atom is -0.478 e. The molecule has 3 rings (SSSR count). The first kappa shape index (κ1) is 18.8. The number of carbonyl (C=O) groups is 1. The fourth-order valence-corrected chi connectivity index (χ4v) is 3.97. The van der Waals surface area contributed by atoms with Crippen LogP contribution in [0.5, 0.6) is 0 Å². The number of nitrogens with one attached hydrogen (secondary N) is 1. The maximum atomic E-state index is 10.9. The van der Waals surface area contributed by atoms with Gasteiger partial charge in [0.15, 0.2) is 0 Å². The fraction of sp³-hybridized carbons (Fsp3) is 0.650. The van der Waals surface area contributed by atoms with Crippen molar-refractivity contribution in [2.75, 3.05) is 25.0 Å². The molecular weight excluding hydrogens is 328 g/mol. The second kappa shape index (κ2) is 9.12. The summed E-state index contributed by atoms with van der Waals surface area (Å²) in [6.07, 6.45) is 14.4. The minimum atomic E-state index is -0.937. The normalized spacial score (nSPS) is 22.5. The predicted molar refractivity (Wildman–Crippen MR) is 103 cm³/mol. The van der Waals surface area contributed by atoms with E-state index in [4.69, 9.17) is 5.11 Å². The molecule has 0 amide bonds. The largest absolute Gasteiger partial charge is 0.478 e. The molecule has 0 spiro atoms. The molecule has 1 saturated carbocycles. The quantitative estimate of drug-likeness (QED) is 0.727. The summed E-state index contributed by atoms with van der Waals surface area (Å²) in [5.74, 6) is 0.763. The van der Waals surface area contributed by atoms with E-state index in [2.05, 4.69) is 20.2 Å². The molecule has 2 fully saturated rings. The highest BCUT2D eigenvalue weighted by molar-refractivity contribution is 5.91. The van der Waals surface area contributed by atoms with E-state index in [1.165, 1.54) is 51.1 Å². The average molecular weight is 358 g/mol. The van der Waals surface area contributed by atoms with Crippen molar-refractivity contribution in [3.05, 3.63) is 23.7 Å². The summed E-state index contributed by atoms with van der Waals surface area (Å²) in [7, 11) is 0. The molecule has 2 heterocycles. The number of nitrogens with zero attached hydrogens (tertiary/aromatic N) is 3. The molecule has 6 nitrogen and oxygen atoms in total. The van der Waals surface area contributed by atoms with Crippen LogP contribution in [-0.4, -0.2) is 51.6 Å². The monoisotopic (exact) mass is 358 g/mol. The van der Waals surface area contributed by atoms with Crippen LogP contribution in [0.1, 0.15) is 57.6 Å². The van der Waals surface area contributed by atoms with Crippen molar-refractivity contribution in [3.63, 3.8) is 0 Å². The van der Waals surface area contributed by atoms with Gasteiger partial charge in [-0.2, -0.15) is 0 Å². The third-order valence-electron chi connectivity index (χ3n) is 5.58. The van der Waals surface area contributed by atoms with Gasteiger partial charge in [-0.25, -0.2) is 9.78 Å². The molecule has 0 radical (unpaired) electrons. The van der Waals surface area contributed by atoms with E-state index in [0.717, 1.165) is 31.2 Å². The molecule has 1 aliphatic heterocycles. The van der Waals surface area contributed by atoms with Crippen LogP contribution in [0.15, 0.2) is 18.0 Å². The van der Waals surface area contributed by atoms with Gasteiger partial charge in [-0.3, -0.25) is 4.98 Å². The first-order valence-corrected chi connectivity index (χ1v) is 9.82. The molecule has 0 aromatic carbocycles. The van der Waals surface area contributed by atoms with Gasteiger partial charge in [-0.15, -0.1) is 0 Å². The van der Waals surface area contributed by atoms with Crippen molar-refractivity contribution >= 4 is 17.9 Å². The molecule has 0 unspecified atom stereocenters. The summed E-state index contributed by atoms with van der Waals surface area (Å²) >= 11 is 0. The Morgan fingerprint density at radius 2 is 2.08 bits per heavy atom. The van der Waals surface area contributed by atoms with Gasteiger partial charge in [0.2, 0.25) is 0 Å². The van der Waals surface area contributed by atoms with E-state index in [1.807, 2.05) is 0 Å². The minimum absolute atomic E-state index is 0.254. The summed E-state index contributed by atoms with van der Waals surface area (Å²) < 4.78 is 0. The van der Waals surface area contributed by atoms with E-state index >= 15 is 0 Å². The lowest BCUT2D eigenvalue weighted by Crippen LogP contribution is -2.28. The van der Waals surface area contributed by atoms with Crippen molar-refractivity contribution in [1.82, 2.24) is 14.9 Å². The van der Waals surface area contributed by atoms with Gasteiger partial charge >= 0.3 is 5.97 Å². The summed E-state index contributed by atoms with van der Waals surface area (Å²) in [6.45, 7) is 4.98. The molecule has 1 aliphatic carbocycles. The number of aliphatic carboxylic acids is 1. The fourth-order valence-electron chi connectivity index (χ4n) is 3.97. The van der Waals surface area contributed by atoms with E-state index in [-0.39, 0.29) is 5.57 Å². The van der Waals surface area contributed by atoms with Crippen LogP contribution >= 0.6 is 0 Å². The van der Waals surface area contributed by atoms with Crippen molar-refractivity contribution in [3.8, 4) is 0 Å². The maximum absolute atomic E-state index is 10.9. The molecule has 6 heteroatoms. The molecule has 0 bridgehead atoms. The molecule has 1 aromatic rings. The Morgan fingerprint density at radius 1 is 1.27 bits per heavy atom. The predicted octanol–water partition coefficient (Wildman–Crippen LogP) is 3.42. The van der Waals surface area contributed by atoms with E-state index in [0.29, 0.717) is 11.7 Å². The van der Waals surface area contributed by atoms with Gasteiger partial charge in [0.25, 0.3) is 0 Å². The van der Waals surface area contributed by atoms with E-state index in [9.17, 15) is 4.79 Å². The first-order valence-electron chi connectivity index (χ1n) is 9.82. The van der Waals surface area contributed by atoms with Gasteiger partial charge in [0.05, 0.1) is 18.1 Å². The molecule has 1 atom stereocenters. The number of hydrogen-bond acceptors (Lipinski definition) is 5. The van der Waals surface area contributed by atoms with Gasteiger partial charge < -0.3 is 15.3 Å². The Balaban J connectivity index is 1.43. The SMILES string of the molecule is C/C(=C\c1cnc(N[C@@H]2CCN(CCC3CCCCC3)C2)cn1)C(=O)O. The van der Waals surface area contributed by atoms with Crippen LogP contribution in [0.2, 0.25) is 0 Å². The molecule has 1 saturated heterocycles. The van der Waals surface area contributed by atoms with Crippen molar-refractivity contribution < 1.29 is 9.90 Å². The molecular formula is C20H30N4O2. The van der Waals surface area contributed by atoms with Crippen LogP contribution in [0.3, 0.4) is 0 Å². The van der Waals surface area contributed by atoms with Gasteiger partial charge in [-0.1, -0.05) is 32.1 Å². The zero-order valence-corrected chi connectivity index (χ0v) is 15.7. The number of carboxylic acids is 1. The summed E-state index contributed by atoms with van der Waals surface area (Å²) in [5, 5.41) is 12.4. The zero-order valence-electron chi connectivity index (χ0n) is 15.7. The van der Waals surface area contributed by atoms with Crippen LogP contribution in [0, 0.1) is 5.92 Å². The van der Waals surface area contributed by atoms with Crippen LogP contribution in [-0.2, 0) is 4.79 Å². The first-order chi connectivity index (χ1) is 12.6. The number of rotatable bonds is 7. The number of hydrogen-bond donors (Lipinski definition) is 2. The topological polar surface area (TPSA) is 78.4 Å². The lowest BCUT2D eigenvalue weighted by Gasteiger charge is -2.24. The van der Waals surface area contributed by atoms with E-state index in [1.54, 1.807) is 19.3 Å². The summed E-state index contributed by atoms with van der Waals surface area (Å²) in [5.41, 5.74) is 0.820. The Morgan fingerprint density at radius 3 is 2.77 bits per heavy atom. The second-order valence-corrected chi connectivity index (χ2v) is 7.68. The highest BCUT2D eigenvalue weighted by Crippen LogP contribution is 2.27. The third-order valence-corrected chi connectivity index (χ3v) is 5.58. The van der Waals surface area contributed by atoms with Crippen LogP contribution < -0.4 is 5.32 Å². The molecule has 2 aliphatic rings. The smallest absolute Gasteiger partial charge is 0.331 e. The Labute approximate surface area is 155 Å². The van der Waals surface area contributed by atoms with Crippen LogP contribution in [0.4, 0.5) is 5.82 Å². The van der Waals surface area contributed by atoms with Gasteiger partial charge in [0, 0.05) is 24.7 Å². The van der Waals surface area contributed by atoms with Crippen molar-refractivity contribution in [2.24, 2.45) is 5.92 Å². The maximum Gasteiger partial charge on any atom is 0.331 e. The highest BCUT2D eigenvalue weighted by Gasteiger charge is 2.23. The van der Waals surface area contributed by atoms with E-state index < -0.39 is 5.97 Å². The molecule has 2 N–H and O–H groups in total. The Bertz CT molecular complexity index is 623. The lowest BCUT2D eigenvalue weighted by atomic mass is 9.87. The number of likely N-dealkylation sites (tertiary alicyclic amines) is 1. The summed E-state index contributed by atoms with van der Waals surface area (Å²) in [4.78, 5) is 22.1. The standard InChI is InChI=1S/C20H30N4O2/c1-15(20(25)26)11-18-12-22-19(13-21-18)23-17-8-10-24(14-17)9-7-16-5-3-2-4-6-16/h11-13,16-17H,2-10,14H2,1H3,(H,22,23)(H,25,26)/b15-11+/t17-/m1/s1. The van der Waals surface area contributed by atoms with Crippen molar-refractivity contribution in [2.45, 2.75) is 57.9 Å². The zero-order chi connectivity index (χ0) is 18.4. The number of anilines is 1. The molecule has 1 aromatic heterocycles. The molecule has 142 valence electrons. The Hall–Kier alpha value is -1.95. The average Bonchev–Trinajstić information content (AvgIpc) is 3.10. The van der Waals surface area contributed by atoms with Crippen LogP contribution in [0.25, 0.3) is 6.08 Å². The third kappa shape index (κ3) is 5.53. The number of carboxylic acid groups (broad SMARTS) is 1. The highest BCUT2D eigenvalue weighted by atomic mass is 16.4. The summed E-state index contributed by atoms with van der Waals surface area (Å²) in [6, 6.07) is 0.415. The lowest BCUT2D eigenvalue weighted by molar-refractivity contribution is -0.132. The second-order valence-electron chi connectivity index (χ2n) is 7.68. The number of aromatic nitrogens is 2. The molecule has 26 heavy (non-hydrogen) atoms. The van der Waals surface area contributed by atoms with Crippen molar-refractivity contribution in [1.29, 1.82) is 0 Å². The Kier molecular flexibility index (Phi) is 6.61.